The van der Waals surface area contributed by atoms with Crippen molar-refractivity contribution in [3.8, 4) is 5.75 Å². The van der Waals surface area contributed by atoms with E-state index in [1.165, 1.54) is 0 Å². The fourth-order valence-electron chi connectivity index (χ4n) is 5.65. The van der Waals surface area contributed by atoms with E-state index in [-0.39, 0.29) is 36.7 Å². The van der Waals surface area contributed by atoms with E-state index in [1.807, 2.05) is 48.8 Å². The number of aromatic nitrogens is 2. The summed E-state index contributed by atoms with van der Waals surface area (Å²) in [7, 11) is 0. The van der Waals surface area contributed by atoms with Crippen molar-refractivity contribution in [2.75, 3.05) is 26.2 Å². The van der Waals surface area contributed by atoms with Gasteiger partial charge in [-0.3, -0.25) is 14.3 Å². The Morgan fingerprint density at radius 2 is 1.83 bits per heavy atom. The first kappa shape index (κ1) is 25.3. The highest BCUT2D eigenvalue weighted by molar-refractivity contribution is 9.10. The van der Waals surface area contributed by atoms with Crippen LogP contribution in [0.5, 0.6) is 5.75 Å². The summed E-state index contributed by atoms with van der Waals surface area (Å²) in [4.78, 5) is 30.3. The molecule has 1 aromatic carbocycles. The molecule has 3 aliphatic rings. The van der Waals surface area contributed by atoms with Crippen LogP contribution in [-0.2, 0) is 28.9 Å². The van der Waals surface area contributed by atoms with Gasteiger partial charge in [0.25, 0.3) is 5.91 Å². The van der Waals surface area contributed by atoms with Crippen LogP contribution in [0.2, 0.25) is 0 Å². The van der Waals surface area contributed by atoms with Gasteiger partial charge in [-0.2, -0.15) is 5.10 Å². The fraction of sp³-hybridized carbons (Fsp3) is 0.593. The van der Waals surface area contributed by atoms with Gasteiger partial charge in [-0.1, -0.05) is 22.0 Å². The molecule has 8 nitrogen and oxygen atoms in total. The largest absolute Gasteiger partial charge is 0.490 e. The number of nitrogens with zero attached hydrogens (tertiary/aromatic N) is 4. The number of halogens is 1. The summed E-state index contributed by atoms with van der Waals surface area (Å²) in [5.74, 6) is 0.904. The van der Waals surface area contributed by atoms with Gasteiger partial charge in [0.2, 0.25) is 5.91 Å². The van der Waals surface area contributed by atoms with Gasteiger partial charge in [-0.05, 0) is 52.2 Å². The zero-order valence-electron chi connectivity index (χ0n) is 21.3. The SMILES string of the molecule is Cc1c(Br)cccc1OC1CCN(C(=O)Cn2nc(C(=O)N3C[C@@H](C)O[C@@H](C)C3)c3c2CCC3)CC1. The maximum atomic E-state index is 13.4. The predicted octanol–water partition coefficient (Wildman–Crippen LogP) is 3.76. The first-order chi connectivity index (χ1) is 17.3. The highest BCUT2D eigenvalue weighted by Crippen LogP contribution is 2.29. The maximum absolute atomic E-state index is 13.4. The van der Waals surface area contributed by atoms with Crippen molar-refractivity contribution < 1.29 is 19.1 Å². The summed E-state index contributed by atoms with van der Waals surface area (Å²) >= 11 is 3.56. The van der Waals surface area contributed by atoms with E-state index in [2.05, 4.69) is 21.0 Å². The topological polar surface area (TPSA) is 76.9 Å². The van der Waals surface area contributed by atoms with E-state index in [1.54, 1.807) is 4.68 Å². The first-order valence-electron chi connectivity index (χ1n) is 13.0. The van der Waals surface area contributed by atoms with Crippen molar-refractivity contribution in [3.63, 3.8) is 0 Å². The van der Waals surface area contributed by atoms with Gasteiger partial charge >= 0.3 is 0 Å². The van der Waals surface area contributed by atoms with Crippen molar-refractivity contribution in [3.05, 3.63) is 45.2 Å². The summed E-state index contributed by atoms with van der Waals surface area (Å²) in [6.45, 7) is 8.67. The van der Waals surface area contributed by atoms with Crippen LogP contribution in [0.4, 0.5) is 0 Å². The lowest BCUT2D eigenvalue weighted by Crippen LogP contribution is -2.48. The van der Waals surface area contributed by atoms with Crippen molar-refractivity contribution in [1.29, 1.82) is 0 Å². The number of piperidine rings is 1. The van der Waals surface area contributed by atoms with Crippen LogP contribution < -0.4 is 4.74 Å². The number of hydrogen-bond donors (Lipinski definition) is 0. The number of rotatable bonds is 5. The molecule has 0 spiro atoms. The van der Waals surface area contributed by atoms with Crippen LogP contribution in [-0.4, -0.2) is 75.9 Å². The predicted molar refractivity (Wildman–Crippen MR) is 139 cm³/mol. The van der Waals surface area contributed by atoms with Gasteiger partial charge in [0, 0.05) is 60.3 Å². The van der Waals surface area contributed by atoms with Crippen LogP contribution in [0.1, 0.15) is 60.4 Å². The van der Waals surface area contributed by atoms with Crippen LogP contribution in [0, 0.1) is 6.92 Å². The van der Waals surface area contributed by atoms with Gasteiger partial charge < -0.3 is 19.3 Å². The number of likely N-dealkylation sites (tertiary alicyclic amines) is 1. The van der Waals surface area contributed by atoms with Gasteiger partial charge in [0.1, 0.15) is 18.4 Å². The number of fused-ring (bicyclic) bond motifs is 1. The molecule has 5 rings (SSSR count). The Bertz CT molecular complexity index is 1130. The first-order valence-corrected chi connectivity index (χ1v) is 13.8. The van der Waals surface area contributed by atoms with E-state index in [4.69, 9.17) is 9.47 Å². The third-order valence-electron chi connectivity index (χ3n) is 7.51. The van der Waals surface area contributed by atoms with E-state index < -0.39 is 0 Å². The molecule has 194 valence electrons. The lowest BCUT2D eigenvalue weighted by atomic mass is 10.1. The second-order valence-electron chi connectivity index (χ2n) is 10.3. The molecule has 1 aromatic heterocycles. The minimum absolute atomic E-state index is 0.00801. The van der Waals surface area contributed by atoms with E-state index in [0.717, 1.165) is 59.1 Å². The zero-order chi connectivity index (χ0) is 25.4. The Hall–Kier alpha value is -2.39. The van der Waals surface area contributed by atoms with Crippen molar-refractivity contribution in [2.24, 2.45) is 0 Å². The van der Waals surface area contributed by atoms with Crippen molar-refractivity contribution in [2.45, 2.75) is 77.7 Å². The monoisotopic (exact) mass is 558 g/mol. The molecule has 1 aliphatic carbocycles. The van der Waals surface area contributed by atoms with Gasteiger partial charge in [0.15, 0.2) is 5.69 Å². The average molecular weight is 560 g/mol. The molecule has 9 heteroatoms. The third kappa shape index (κ3) is 5.18. The Labute approximate surface area is 221 Å². The minimum Gasteiger partial charge on any atom is -0.490 e. The highest BCUT2D eigenvalue weighted by Gasteiger charge is 2.33. The number of benzene rings is 1. The van der Waals surface area contributed by atoms with Crippen molar-refractivity contribution >= 4 is 27.7 Å². The normalized spacial score (nSPS) is 22.6. The Morgan fingerprint density at radius 1 is 1.11 bits per heavy atom. The molecule has 36 heavy (non-hydrogen) atoms. The molecule has 2 fully saturated rings. The number of carbonyl (C=O) groups excluding carboxylic acids is 2. The Kier molecular flexibility index (Phi) is 7.40. The number of morpholine rings is 1. The molecule has 0 unspecified atom stereocenters. The van der Waals surface area contributed by atoms with Crippen LogP contribution >= 0.6 is 15.9 Å². The Morgan fingerprint density at radius 3 is 2.56 bits per heavy atom. The molecule has 0 saturated carbocycles. The molecule has 3 heterocycles. The van der Waals surface area contributed by atoms with E-state index in [0.29, 0.717) is 31.9 Å². The summed E-state index contributed by atoms with van der Waals surface area (Å²) in [6, 6.07) is 5.98. The number of amides is 2. The van der Waals surface area contributed by atoms with Crippen LogP contribution in [0.3, 0.4) is 0 Å². The quantitative estimate of drug-likeness (QED) is 0.558. The minimum atomic E-state index is -0.0397. The lowest BCUT2D eigenvalue weighted by Gasteiger charge is -2.35. The molecule has 2 atom stereocenters. The molecular weight excluding hydrogens is 524 g/mol. The number of carbonyl (C=O) groups is 2. The second-order valence-corrected chi connectivity index (χ2v) is 11.2. The summed E-state index contributed by atoms with van der Waals surface area (Å²) in [5, 5.41) is 4.69. The summed E-state index contributed by atoms with van der Waals surface area (Å²) in [6.07, 6.45) is 4.41. The molecular formula is C27H35BrN4O4. The molecule has 2 saturated heterocycles. The molecule has 0 radical (unpaired) electrons. The highest BCUT2D eigenvalue weighted by atomic mass is 79.9. The molecule has 2 aliphatic heterocycles. The molecule has 0 N–H and O–H groups in total. The third-order valence-corrected chi connectivity index (χ3v) is 8.37. The van der Waals surface area contributed by atoms with E-state index in [9.17, 15) is 9.59 Å². The standard InChI is InChI=1S/C27H35BrN4O4/c1-17-14-31(15-18(2)35-17)27(34)26-21-6-4-8-23(21)32(29-26)16-25(33)30-12-10-20(11-13-30)36-24-9-5-7-22(28)19(24)3/h5,7,9,17-18,20H,4,6,8,10-16H2,1-3H3/t17-,18+. The average Bonchev–Trinajstić information content (AvgIpc) is 3.45. The second kappa shape index (κ2) is 10.5. The number of hydrogen-bond acceptors (Lipinski definition) is 5. The summed E-state index contributed by atoms with van der Waals surface area (Å²) < 4.78 is 14.9. The smallest absolute Gasteiger partial charge is 0.274 e. The number of ether oxygens (including phenoxy) is 2. The molecule has 2 aromatic rings. The van der Waals surface area contributed by atoms with Crippen LogP contribution in [0.15, 0.2) is 22.7 Å². The fourth-order valence-corrected chi connectivity index (χ4v) is 6.00. The van der Waals surface area contributed by atoms with Crippen LogP contribution in [0.25, 0.3) is 0 Å². The molecule has 0 bridgehead atoms. The maximum Gasteiger partial charge on any atom is 0.274 e. The summed E-state index contributed by atoms with van der Waals surface area (Å²) in [5.41, 5.74) is 3.68. The van der Waals surface area contributed by atoms with Gasteiger partial charge in [-0.25, -0.2) is 0 Å². The van der Waals surface area contributed by atoms with E-state index >= 15 is 0 Å². The van der Waals surface area contributed by atoms with Crippen molar-refractivity contribution in [1.82, 2.24) is 19.6 Å². The van der Waals surface area contributed by atoms with Gasteiger partial charge in [0.05, 0.1) is 12.2 Å². The Balaban J connectivity index is 1.22. The zero-order valence-corrected chi connectivity index (χ0v) is 22.9. The lowest BCUT2D eigenvalue weighted by molar-refractivity contribution is -0.133. The van der Waals surface area contributed by atoms with Gasteiger partial charge in [-0.15, -0.1) is 0 Å². The molecule has 2 amide bonds.